The number of carbonyl (C=O) groups is 1. The van der Waals surface area contributed by atoms with Crippen molar-refractivity contribution in [1.82, 2.24) is 5.32 Å². The zero-order chi connectivity index (χ0) is 14.4. The van der Waals surface area contributed by atoms with Gasteiger partial charge >= 0.3 is 0 Å². The smallest absolute Gasteiger partial charge is 0.221 e. The molecule has 0 radical (unpaired) electrons. The number of amides is 1. The van der Waals surface area contributed by atoms with Crippen molar-refractivity contribution in [3.8, 4) is 11.1 Å². The zero-order valence-corrected chi connectivity index (χ0v) is 12.3. The van der Waals surface area contributed by atoms with E-state index in [4.69, 9.17) is 5.73 Å². The van der Waals surface area contributed by atoms with Crippen molar-refractivity contribution in [2.24, 2.45) is 5.73 Å². The Labute approximate surface area is 129 Å². The third kappa shape index (κ3) is 5.17. The van der Waals surface area contributed by atoms with Gasteiger partial charge in [0.2, 0.25) is 5.91 Å². The van der Waals surface area contributed by atoms with Crippen LogP contribution in [0.25, 0.3) is 11.1 Å². The predicted octanol–water partition coefficient (Wildman–Crippen LogP) is 2.88. The molecule has 112 valence electrons. The highest BCUT2D eigenvalue weighted by Gasteiger charge is 2.01. The van der Waals surface area contributed by atoms with Gasteiger partial charge in [0.1, 0.15) is 5.82 Å². The first-order chi connectivity index (χ1) is 9.69. The Morgan fingerprint density at radius 2 is 1.52 bits per heavy atom. The van der Waals surface area contributed by atoms with Gasteiger partial charge in [-0.05, 0) is 28.8 Å². The van der Waals surface area contributed by atoms with E-state index in [0.29, 0.717) is 19.5 Å². The van der Waals surface area contributed by atoms with Crippen molar-refractivity contribution in [1.29, 1.82) is 0 Å². The molecule has 3 nitrogen and oxygen atoms in total. The maximum Gasteiger partial charge on any atom is 0.221 e. The Bertz CT molecular complexity index is 570. The number of nitrogens with two attached hydrogens (primary N) is 1. The second-order valence-electron chi connectivity index (χ2n) is 4.52. The minimum absolute atomic E-state index is 0. The fourth-order valence-electron chi connectivity index (χ4n) is 1.88. The Hall–Kier alpha value is -1.91. The standard InChI is InChI=1S/C16H17FN2O.ClH/c17-15-7-5-14(6-8-15)13-3-1-12(2-4-13)11-19-16(20)9-10-18;/h1-8H,9-11,18H2,(H,19,20);1H. The molecule has 2 aromatic rings. The van der Waals surface area contributed by atoms with Gasteiger partial charge in [-0.25, -0.2) is 4.39 Å². The number of benzene rings is 2. The SMILES string of the molecule is Cl.NCCC(=O)NCc1ccc(-c2ccc(F)cc2)cc1. The number of hydrogen-bond donors (Lipinski definition) is 2. The van der Waals surface area contributed by atoms with Crippen LogP contribution in [0.3, 0.4) is 0 Å². The maximum atomic E-state index is 12.9. The van der Waals surface area contributed by atoms with Crippen LogP contribution in [0.4, 0.5) is 4.39 Å². The fourth-order valence-corrected chi connectivity index (χ4v) is 1.88. The molecule has 0 saturated carbocycles. The Kier molecular flexibility index (Phi) is 6.85. The lowest BCUT2D eigenvalue weighted by molar-refractivity contribution is -0.121. The van der Waals surface area contributed by atoms with E-state index in [0.717, 1.165) is 16.7 Å². The Morgan fingerprint density at radius 1 is 1.00 bits per heavy atom. The molecule has 0 bridgehead atoms. The molecule has 2 rings (SSSR count). The summed E-state index contributed by atoms with van der Waals surface area (Å²) in [5, 5.41) is 2.80. The summed E-state index contributed by atoms with van der Waals surface area (Å²) in [6.07, 6.45) is 0.341. The van der Waals surface area contributed by atoms with Crippen LogP contribution >= 0.6 is 12.4 Å². The fraction of sp³-hybridized carbons (Fsp3) is 0.188. The number of nitrogens with one attached hydrogen (secondary N) is 1. The van der Waals surface area contributed by atoms with Crippen molar-refractivity contribution in [2.75, 3.05) is 6.54 Å². The van der Waals surface area contributed by atoms with Gasteiger partial charge in [-0.1, -0.05) is 36.4 Å². The lowest BCUT2D eigenvalue weighted by Crippen LogP contribution is -2.24. The number of halogens is 2. The molecule has 2 aromatic carbocycles. The molecule has 0 spiro atoms. The van der Waals surface area contributed by atoms with Gasteiger partial charge in [-0.15, -0.1) is 12.4 Å². The molecule has 5 heteroatoms. The highest BCUT2D eigenvalue weighted by atomic mass is 35.5. The minimum Gasteiger partial charge on any atom is -0.352 e. The normalized spacial score (nSPS) is 9.81. The van der Waals surface area contributed by atoms with Crippen LogP contribution < -0.4 is 11.1 Å². The van der Waals surface area contributed by atoms with E-state index in [1.165, 1.54) is 12.1 Å². The summed E-state index contributed by atoms with van der Waals surface area (Å²) in [6, 6.07) is 14.2. The van der Waals surface area contributed by atoms with E-state index in [1.807, 2.05) is 24.3 Å². The molecule has 0 aromatic heterocycles. The van der Waals surface area contributed by atoms with Gasteiger partial charge in [0.25, 0.3) is 0 Å². The van der Waals surface area contributed by atoms with E-state index in [1.54, 1.807) is 12.1 Å². The largest absolute Gasteiger partial charge is 0.352 e. The molecule has 0 heterocycles. The van der Waals surface area contributed by atoms with Gasteiger partial charge in [0.15, 0.2) is 0 Å². The molecule has 1 amide bonds. The highest BCUT2D eigenvalue weighted by Crippen LogP contribution is 2.20. The van der Waals surface area contributed by atoms with Crippen molar-refractivity contribution in [2.45, 2.75) is 13.0 Å². The zero-order valence-electron chi connectivity index (χ0n) is 11.5. The molecule has 0 aliphatic rings. The molecule has 0 aliphatic carbocycles. The Balaban J connectivity index is 0.00000220. The van der Waals surface area contributed by atoms with E-state index < -0.39 is 0 Å². The number of carbonyl (C=O) groups excluding carboxylic acids is 1. The Morgan fingerprint density at radius 3 is 2.05 bits per heavy atom. The lowest BCUT2D eigenvalue weighted by Gasteiger charge is -2.06. The summed E-state index contributed by atoms with van der Waals surface area (Å²) < 4.78 is 12.9. The topological polar surface area (TPSA) is 55.1 Å². The molecular formula is C16H18ClFN2O. The van der Waals surface area contributed by atoms with E-state index in [2.05, 4.69) is 5.32 Å². The van der Waals surface area contributed by atoms with Gasteiger partial charge in [-0.2, -0.15) is 0 Å². The second kappa shape index (κ2) is 8.39. The highest BCUT2D eigenvalue weighted by molar-refractivity contribution is 5.85. The molecule has 3 N–H and O–H groups in total. The third-order valence-electron chi connectivity index (χ3n) is 2.99. The molecule has 0 fully saturated rings. The monoisotopic (exact) mass is 308 g/mol. The molecule has 0 aliphatic heterocycles. The molecule has 0 atom stereocenters. The van der Waals surface area contributed by atoms with Crippen molar-refractivity contribution in [3.05, 3.63) is 59.9 Å². The number of rotatable bonds is 5. The first-order valence-corrected chi connectivity index (χ1v) is 6.50. The second-order valence-corrected chi connectivity index (χ2v) is 4.52. The van der Waals surface area contributed by atoms with Crippen molar-refractivity contribution < 1.29 is 9.18 Å². The summed E-state index contributed by atoms with van der Waals surface area (Å²) in [4.78, 5) is 11.3. The van der Waals surface area contributed by atoms with Crippen LogP contribution in [0.2, 0.25) is 0 Å². The minimum atomic E-state index is -0.243. The first kappa shape index (κ1) is 17.1. The van der Waals surface area contributed by atoms with Gasteiger partial charge < -0.3 is 11.1 Å². The molecular weight excluding hydrogens is 291 g/mol. The first-order valence-electron chi connectivity index (χ1n) is 6.50. The van der Waals surface area contributed by atoms with Crippen LogP contribution in [0, 0.1) is 5.82 Å². The van der Waals surface area contributed by atoms with E-state index in [9.17, 15) is 9.18 Å². The lowest BCUT2D eigenvalue weighted by atomic mass is 10.0. The number of hydrogen-bond acceptors (Lipinski definition) is 2. The average molecular weight is 309 g/mol. The molecule has 0 saturated heterocycles. The van der Waals surface area contributed by atoms with E-state index in [-0.39, 0.29) is 24.1 Å². The summed E-state index contributed by atoms with van der Waals surface area (Å²) in [5.41, 5.74) is 8.30. The van der Waals surface area contributed by atoms with E-state index >= 15 is 0 Å². The predicted molar refractivity (Wildman–Crippen MR) is 84.6 cm³/mol. The third-order valence-corrected chi connectivity index (χ3v) is 2.99. The van der Waals surface area contributed by atoms with Crippen molar-refractivity contribution >= 4 is 18.3 Å². The summed E-state index contributed by atoms with van der Waals surface area (Å²) in [5.74, 6) is -0.289. The summed E-state index contributed by atoms with van der Waals surface area (Å²) in [7, 11) is 0. The quantitative estimate of drug-likeness (QED) is 0.892. The average Bonchev–Trinajstić information content (AvgIpc) is 2.47. The van der Waals surface area contributed by atoms with Crippen LogP contribution in [0.1, 0.15) is 12.0 Å². The van der Waals surface area contributed by atoms with Crippen molar-refractivity contribution in [3.63, 3.8) is 0 Å². The summed E-state index contributed by atoms with van der Waals surface area (Å²) in [6.45, 7) is 0.845. The van der Waals surface area contributed by atoms with Crippen LogP contribution in [0.15, 0.2) is 48.5 Å². The van der Waals surface area contributed by atoms with Gasteiger partial charge in [0.05, 0.1) is 0 Å². The van der Waals surface area contributed by atoms with Crippen LogP contribution in [0.5, 0.6) is 0 Å². The molecule has 0 unspecified atom stereocenters. The van der Waals surface area contributed by atoms with Crippen LogP contribution in [-0.2, 0) is 11.3 Å². The van der Waals surface area contributed by atoms with Gasteiger partial charge in [-0.3, -0.25) is 4.79 Å². The van der Waals surface area contributed by atoms with Gasteiger partial charge in [0, 0.05) is 19.5 Å². The summed E-state index contributed by atoms with van der Waals surface area (Å²) >= 11 is 0. The molecule has 21 heavy (non-hydrogen) atoms. The maximum absolute atomic E-state index is 12.9. The van der Waals surface area contributed by atoms with Crippen LogP contribution in [-0.4, -0.2) is 12.5 Å².